The largest absolute Gasteiger partial charge is 0.241 e. The van der Waals surface area contributed by atoms with Gasteiger partial charge in [-0.15, -0.1) is 11.3 Å². The fourth-order valence-electron chi connectivity index (χ4n) is 5.19. The maximum absolute atomic E-state index is 4.80. The SMILES string of the molecule is BrC(Cc1nc2ccccc2s1)C1C2C3CCC(C3)C12. The van der Waals surface area contributed by atoms with E-state index in [1.54, 1.807) is 6.42 Å². The number of hydrogen-bond donors (Lipinski definition) is 0. The maximum atomic E-state index is 4.80. The van der Waals surface area contributed by atoms with Crippen LogP contribution in [-0.2, 0) is 6.42 Å². The Morgan fingerprint density at radius 3 is 2.70 bits per heavy atom. The van der Waals surface area contributed by atoms with E-state index in [0.29, 0.717) is 4.83 Å². The van der Waals surface area contributed by atoms with E-state index in [1.165, 1.54) is 28.1 Å². The average Bonchev–Trinajstić information content (AvgIpc) is 2.78. The highest BCUT2D eigenvalue weighted by Crippen LogP contribution is 2.71. The number of para-hydroxylation sites is 1. The Morgan fingerprint density at radius 1 is 1.20 bits per heavy atom. The van der Waals surface area contributed by atoms with Gasteiger partial charge < -0.3 is 0 Å². The molecule has 1 aromatic heterocycles. The van der Waals surface area contributed by atoms with Crippen LogP contribution in [0.3, 0.4) is 0 Å². The van der Waals surface area contributed by atoms with Gasteiger partial charge in [0.05, 0.1) is 15.2 Å². The Hall–Kier alpha value is -0.410. The highest BCUT2D eigenvalue weighted by atomic mass is 79.9. The van der Waals surface area contributed by atoms with Crippen LogP contribution >= 0.6 is 27.3 Å². The normalized spacial score (nSPS) is 39.1. The molecule has 0 aliphatic heterocycles. The second kappa shape index (κ2) is 4.30. The number of benzene rings is 1. The number of halogens is 1. The molecular weight excluding hydrogens is 330 g/mol. The molecule has 3 fully saturated rings. The van der Waals surface area contributed by atoms with Gasteiger partial charge in [0.15, 0.2) is 0 Å². The summed E-state index contributed by atoms with van der Waals surface area (Å²) in [6.07, 6.45) is 5.70. The molecule has 0 amide bonds. The minimum Gasteiger partial charge on any atom is -0.241 e. The minimum absolute atomic E-state index is 0.654. The van der Waals surface area contributed by atoms with E-state index >= 15 is 0 Å². The molecular formula is C17H18BrNS. The lowest BCUT2D eigenvalue weighted by Crippen LogP contribution is -2.12. The molecule has 5 rings (SSSR count). The molecule has 3 aliphatic rings. The van der Waals surface area contributed by atoms with Gasteiger partial charge in [-0.2, -0.15) is 0 Å². The molecule has 0 spiro atoms. The third-order valence-corrected chi connectivity index (χ3v) is 7.91. The van der Waals surface area contributed by atoms with E-state index in [-0.39, 0.29) is 0 Å². The highest BCUT2D eigenvalue weighted by Gasteiger charge is 2.66. The average molecular weight is 348 g/mol. The number of thiazole rings is 1. The molecule has 0 N–H and O–H groups in total. The molecule has 3 aliphatic carbocycles. The smallest absolute Gasteiger partial charge is 0.0949 e. The van der Waals surface area contributed by atoms with E-state index in [9.17, 15) is 0 Å². The Labute approximate surface area is 131 Å². The predicted molar refractivity (Wildman–Crippen MR) is 87.3 cm³/mol. The molecule has 5 unspecified atom stereocenters. The van der Waals surface area contributed by atoms with Crippen molar-refractivity contribution in [2.45, 2.75) is 30.5 Å². The second-order valence-electron chi connectivity index (χ2n) is 6.86. The first-order valence-electron chi connectivity index (χ1n) is 7.80. The number of rotatable bonds is 3. The summed E-state index contributed by atoms with van der Waals surface area (Å²) in [7, 11) is 0. The third kappa shape index (κ3) is 1.69. The first kappa shape index (κ1) is 12.2. The number of nitrogens with zero attached hydrogens (tertiary/aromatic N) is 1. The lowest BCUT2D eigenvalue weighted by molar-refractivity contribution is 0.455. The molecule has 20 heavy (non-hydrogen) atoms. The van der Waals surface area contributed by atoms with Crippen LogP contribution in [-0.4, -0.2) is 9.81 Å². The second-order valence-corrected chi connectivity index (χ2v) is 9.15. The Kier molecular flexibility index (Phi) is 2.61. The van der Waals surface area contributed by atoms with Crippen molar-refractivity contribution in [2.24, 2.45) is 29.6 Å². The van der Waals surface area contributed by atoms with Gasteiger partial charge in [0.25, 0.3) is 0 Å². The molecule has 0 saturated heterocycles. The molecule has 5 atom stereocenters. The molecule has 3 saturated carbocycles. The van der Waals surface area contributed by atoms with Crippen molar-refractivity contribution in [3.05, 3.63) is 29.3 Å². The van der Waals surface area contributed by atoms with Gasteiger partial charge in [0, 0.05) is 11.2 Å². The fourth-order valence-corrected chi connectivity index (χ4v) is 7.44. The summed E-state index contributed by atoms with van der Waals surface area (Å²) in [6, 6.07) is 8.51. The van der Waals surface area contributed by atoms with E-state index in [4.69, 9.17) is 4.98 Å². The van der Waals surface area contributed by atoms with E-state index < -0.39 is 0 Å². The molecule has 3 heteroatoms. The van der Waals surface area contributed by atoms with E-state index in [0.717, 1.165) is 36.0 Å². The lowest BCUT2D eigenvalue weighted by atomic mass is 9.99. The number of fused-ring (bicyclic) bond motifs is 6. The fraction of sp³-hybridized carbons (Fsp3) is 0.588. The minimum atomic E-state index is 0.654. The van der Waals surface area contributed by atoms with Crippen LogP contribution in [0.25, 0.3) is 10.2 Å². The van der Waals surface area contributed by atoms with Gasteiger partial charge in [0.2, 0.25) is 0 Å². The molecule has 1 nitrogen and oxygen atoms in total. The van der Waals surface area contributed by atoms with Gasteiger partial charge in [-0.25, -0.2) is 4.98 Å². The van der Waals surface area contributed by atoms with Crippen molar-refractivity contribution in [2.75, 3.05) is 0 Å². The zero-order chi connectivity index (χ0) is 13.3. The maximum Gasteiger partial charge on any atom is 0.0949 e. The summed E-state index contributed by atoms with van der Waals surface area (Å²) in [5, 5.41) is 1.31. The van der Waals surface area contributed by atoms with E-state index in [2.05, 4.69) is 40.2 Å². The van der Waals surface area contributed by atoms with Gasteiger partial charge in [-0.05, 0) is 61.0 Å². The Balaban J connectivity index is 1.34. The molecule has 1 heterocycles. The molecule has 104 valence electrons. The van der Waals surface area contributed by atoms with E-state index in [1.807, 2.05) is 11.3 Å². The van der Waals surface area contributed by atoms with Crippen LogP contribution in [0.15, 0.2) is 24.3 Å². The van der Waals surface area contributed by atoms with Crippen LogP contribution in [0.4, 0.5) is 0 Å². The summed E-state index contributed by atoms with van der Waals surface area (Å²) in [4.78, 5) is 5.45. The highest BCUT2D eigenvalue weighted by molar-refractivity contribution is 9.09. The van der Waals surface area contributed by atoms with Gasteiger partial charge in [-0.3, -0.25) is 0 Å². The first-order chi connectivity index (χ1) is 9.81. The van der Waals surface area contributed by atoms with Crippen molar-refractivity contribution in [3.8, 4) is 0 Å². The predicted octanol–water partition coefficient (Wildman–Crippen LogP) is 4.89. The van der Waals surface area contributed by atoms with Crippen molar-refractivity contribution >= 4 is 37.5 Å². The van der Waals surface area contributed by atoms with Crippen LogP contribution in [0.2, 0.25) is 0 Å². The number of aromatic nitrogens is 1. The van der Waals surface area contributed by atoms with Crippen molar-refractivity contribution in [1.29, 1.82) is 0 Å². The lowest BCUT2D eigenvalue weighted by Gasteiger charge is -2.13. The quantitative estimate of drug-likeness (QED) is 0.720. The molecule has 1 aromatic carbocycles. The summed E-state index contributed by atoms with van der Waals surface area (Å²) < 4.78 is 1.33. The van der Waals surface area contributed by atoms with Crippen molar-refractivity contribution in [3.63, 3.8) is 0 Å². The summed E-state index contributed by atoms with van der Waals surface area (Å²) in [6.45, 7) is 0. The van der Waals surface area contributed by atoms with Crippen LogP contribution in [0.5, 0.6) is 0 Å². The van der Waals surface area contributed by atoms with Crippen LogP contribution in [0, 0.1) is 29.6 Å². The van der Waals surface area contributed by atoms with Gasteiger partial charge >= 0.3 is 0 Å². The molecule has 2 bridgehead atoms. The summed E-state index contributed by atoms with van der Waals surface area (Å²) >= 11 is 5.88. The first-order valence-corrected chi connectivity index (χ1v) is 9.53. The van der Waals surface area contributed by atoms with Crippen molar-refractivity contribution < 1.29 is 0 Å². The van der Waals surface area contributed by atoms with Gasteiger partial charge in [-0.1, -0.05) is 28.1 Å². The van der Waals surface area contributed by atoms with Crippen LogP contribution in [0.1, 0.15) is 24.3 Å². The summed E-state index contributed by atoms with van der Waals surface area (Å²) in [5.41, 5.74) is 1.17. The van der Waals surface area contributed by atoms with Crippen molar-refractivity contribution in [1.82, 2.24) is 4.98 Å². The molecule has 0 radical (unpaired) electrons. The zero-order valence-electron chi connectivity index (χ0n) is 11.3. The number of alkyl halides is 1. The summed E-state index contributed by atoms with van der Waals surface area (Å²) in [5.74, 6) is 5.23. The van der Waals surface area contributed by atoms with Crippen LogP contribution < -0.4 is 0 Å². The van der Waals surface area contributed by atoms with Gasteiger partial charge in [0.1, 0.15) is 0 Å². The number of hydrogen-bond acceptors (Lipinski definition) is 2. The topological polar surface area (TPSA) is 12.9 Å². The molecule has 2 aromatic rings. The Morgan fingerprint density at radius 2 is 1.95 bits per heavy atom. The standard InChI is InChI=1S/C17H18BrNS/c18-11(17-15-9-5-6-10(7-9)16(15)17)8-14-19-12-3-1-2-4-13(12)20-14/h1-4,9-11,15-17H,5-8H2. The Bertz CT molecular complexity index is 617. The monoisotopic (exact) mass is 347 g/mol. The third-order valence-electron chi connectivity index (χ3n) is 5.92. The zero-order valence-corrected chi connectivity index (χ0v) is 13.7.